The number of aromatic nitrogens is 5. The Morgan fingerprint density at radius 3 is 1.53 bits per heavy atom. The van der Waals surface area contributed by atoms with Crippen LogP contribution in [-0.2, 0) is 6.42 Å². The zero-order chi connectivity index (χ0) is 39.9. The number of fused-ring (bicyclic) bond motifs is 10. The van der Waals surface area contributed by atoms with E-state index in [1.807, 2.05) is 12.1 Å². The Morgan fingerprint density at radius 1 is 0.424 bits per heavy atom. The molecule has 0 atom stereocenters. The molecule has 0 saturated heterocycles. The maximum absolute atomic E-state index is 4.94. The van der Waals surface area contributed by atoms with Gasteiger partial charge in [-0.3, -0.25) is 13.5 Å². The van der Waals surface area contributed by atoms with Crippen molar-refractivity contribution in [3.8, 4) is 33.6 Å². The van der Waals surface area contributed by atoms with Crippen LogP contribution in [0.25, 0.3) is 72.5 Å². The van der Waals surface area contributed by atoms with E-state index in [1.54, 1.807) is 0 Å². The average molecular weight is 1000 g/mol. The van der Waals surface area contributed by atoms with E-state index in [9.17, 15) is 0 Å². The molecule has 0 unspecified atom stereocenters. The summed E-state index contributed by atoms with van der Waals surface area (Å²) in [4.78, 5) is 9.61. The summed E-state index contributed by atoms with van der Waals surface area (Å²) in [5.74, 6) is 2.09. The molecule has 0 radical (unpaired) electrons. The molecule has 5 nitrogen and oxygen atoms in total. The molecule has 11 aromatic rings. The van der Waals surface area contributed by atoms with Gasteiger partial charge in [-0.1, -0.05) is 135 Å². The van der Waals surface area contributed by atoms with Gasteiger partial charge >= 0.3 is 0 Å². The first-order chi connectivity index (χ1) is 29.0. The van der Waals surface area contributed by atoms with Crippen molar-refractivity contribution in [3.05, 3.63) is 218 Å². The van der Waals surface area contributed by atoms with Crippen molar-refractivity contribution in [2.24, 2.45) is 0 Å². The summed E-state index contributed by atoms with van der Waals surface area (Å²) < 4.78 is 10.2. The fraction of sp³-hybridized carbons (Fsp3) is 0.0196. The third kappa shape index (κ3) is 7.30. The fourth-order valence-corrected chi connectivity index (χ4v) is 8.74. The van der Waals surface area contributed by atoms with Gasteiger partial charge in [-0.25, -0.2) is 9.97 Å². The van der Waals surface area contributed by atoms with Gasteiger partial charge in [0, 0.05) is 24.6 Å². The summed E-state index contributed by atoms with van der Waals surface area (Å²) in [7, 11) is 0. The molecule has 0 spiro atoms. The Labute approximate surface area is 372 Å². The lowest BCUT2D eigenvalue weighted by molar-refractivity contribution is 1.02. The molecule has 3 aromatic heterocycles. The van der Waals surface area contributed by atoms with E-state index in [-0.39, 0.29) is 0 Å². The number of halogens is 3. The number of nitrogens with zero attached hydrogens (tertiary/aromatic N) is 5. The van der Waals surface area contributed by atoms with Crippen LogP contribution in [0.15, 0.2) is 203 Å². The quantitative estimate of drug-likeness (QED) is 0.166. The van der Waals surface area contributed by atoms with Crippen LogP contribution in [-0.4, -0.2) is 23.5 Å². The van der Waals surface area contributed by atoms with E-state index in [0.717, 1.165) is 60.2 Å². The highest BCUT2D eigenvalue weighted by Gasteiger charge is 2.21. The van der Waals surface area contributed by atoms with Crippen LogP contribution in [0.4, 0.5) is 0 Å². The Hall–Kier alpha value is -5.81. The Morgan fingerprint density at radius 2 is 0.898 bits per heavy atom. The second-order valence-corrected chi connectivity index (χ2v) is 17.4. The first-order valence-electron chi connectivity index (χ1n) is 19.3. The molecule has 4 heterocycles. The maximum Gasteiger partial charge on any atom is 0.220 e. The lowest BCUT2D eigenvalue weighted by atomic mass is 10.1. The third-order valence-corrected chi connectivity index (χ3v) is 12.4. The molecule has 59 heavy (non-hydrogen) atoms. The normalized spacial score (nSPS) is 11.6. The van der Waals surface area contributed by atoms with Crippen LogP contribution in [0.5, 0.6) is 0 Å². The minimum absolute atomic E-state index is 0.934. The predicted octanol–water partition coefficient (Wildman–Crippen LogP) is 14.5. The van der Waals surface area contributed by atoms with Gasteiger partial charge in [0.1, 0.15) is 5.82 Å². The van der Waals surface area contributed by atoms with Crippen LogP contribution in [0.3, 0.4) is 0 Å². The number of hydrogen-bond acceptors (Lipinski definition) is 2. The van der Waals surface area contributed by atoms with Crippen molar-refractivity contribution in [3.63, 3.8) is 0 Å². The van der Waals surface area contributed by atoms with Crippen LogP contribution in [0, 0.1) is 3.57 Å². The molecule has 1 aliphatic rings. The molecule has 1 aliphatic heterocycles. The molecular weight excluding hydrogens is 969 g/mol. The number of rotatable bonds is 3. The average Bonchev–Trinajstić information content (AvgIpc) is 4.02. The zero-order valence-corrected chi connectivity index (χ0v) is 36.9. The van der Waals surface area contributed by atoms with E-state index >= 15 is 0 Å². The van der Waals surface area contributed by atoms with Crippen LogP contribution < -0.4 is 0 Å². The first-order valence-corrected chi connectivity index (χ1v) is 21.9. The second-order valence-electron chi connectivity index (χ2n) is 14.3. The van der Waals surface area contributed by atoms with Crippen molar-refractivity contribution in [2.45, 2.75) is 6.42 Å². The lowest BCUT2D eigenvalue weighted by Gasteiger charge is -2.07. The van der Waals surface area contributed by atoms with Crippen molar-refractivity contribution in [2.75, 3.05) is 0 Å². The fourth-order valence-electron chi connectivity index (χ4n) is 7.85. The summed E-state index contributed by atoms with van der Waals surface area (Å²) >= 11 is 9.25. The number of para-hydroxylation sites is 7. The van der Waals surface area contributed by atoms with Crippen LogP contribution in [0.1, 0.15) is 11.4 Å². The van der Waals surface area contributed by atoms with Gasteiger partial charge in [0.15, 0.2) is 0 Å². The Balaban J connectivity index is 0.000000118. The van der Waals surface area contributed by atoms with Gasteiger partial charge in [0.2, 0.25) is 5.78 Å². The molecule has 8 aromatic carbocycles. The summed E-state index contributed by atoms with van der Waals surface area (Å²) in [6.45, 7) is 0. The van der Waals surface area contributed by atoms with E-state index in [0.29, 0.717) is 0 Å². The second kappa shape index (κ2) is 16.1. The van der Waals surface area contributed by atoms with Gasteiger partial charge < -0.3 is 0 Å². The van der Waals surface area contributed by atoms with Gasteiger partial charge in [-0.2, -0.15) is 0 Å². The van der Waals surface area contributed by atoms with Crippen molar-refractivity contribution in [1.29, 1.82) is 0 Å². The number of hydrogen-bond donors (Lipinski definition) is 0. The Kier molecular flexibility index (Phi) is 10.2. The first kappa shape index (κ1) is 37.5. The van der Waals surface area contributed by atoms with Gasteiger partial charge in [0.25, 0.3) is 0 Å². The number of benzene rings is 8. The molecule has 8 heteroatoms. The number of imidazole rings is 3. The highest BCUT2D eigenvalue weighted by atomic mass is 127. The maximum atomic E-state index is 4.94. The van der Waals surface area contributed by atoms with Crippen molar-refractivity contribution in [1.82, 2.24) is 23.5 Å². The topological polar surface area (TPSA) is 40.1 Å². The highest BCUT2D eigenvalue weighted by molar-refractivity contribution is 14.1. The van der Waals surface area contributed by atoms with Gasteiger partial charge in [-0.15, -0.1) is 0 Å². The summed E-state index contributed by atoms with van der Waals surface area (Å²) in [6.07, 6.45) is 0.949. The van der Waals surface area contributed by atoms with E-state index in [1.165, 1.54) is 42.6 Å². The smallest absolute Gasteiger partial charge is 0.220 e. The standard InChI is InChI=1S/C25H16BrN3.C14H10N2.C12H8BrI/c26-19-13-9-17(10-14-19)18-11-15-20(16-12-18)28-23-7-3-4-8-24(23)29-22-6-2-1-5-21(22)27-25(28)29;1-3-7-12-10(5-1)9-14-15-11-6-2-4-8-13(11)16(12)14;13-11-5-1-9(2-6-11)10-3-7-12(14)8-4-10/h1-16H;1-8H,9H2;1-8H. The van der Waals surface area contributed by atoms with E-state index in [4.69, 9.17) is 4.98 Å². The minimum atomic E-state index is 0.934. The van der Waals surface area contributed by atoms with Gasteiger partial charge in [0.05, 0.1) is 38.8 Å². The third-order valence-electron chi connectivity index (χ3n) is 10.6. The van der Waals surface area contributed by atoms with E-state index < -0.39 is 0 Å². The molecule has 0 saturated carbocycles. The SMILES string of the molecule is Brc1ccc(-c2ccc(-n3c4ccccc4n4c5ccccc5nc34)cc2)cc1.Brc1ccc(-c2ccc(I)cc2)cc1.c1ccc2c(c1)Cc1nc3ccccc3n1-2. The highest BCUT2D eigenvalue weighted by Crippen LogP contribution is 2.33. The summed E-state index contributed by atoms with van der Waals surface area (Å²) in [5, 5.41) is 0. The van der Waals surface area contributed by atoms with E-state index in [2.05, 4.69) is 255 Å². The largest absolute Gasteiger partial charge is 0.296 e. The molecule has 12 rings (SSSR count). The monoisotopic (exact) mass is 1000 g/mol. The minimum Gasteiger partial charge on any atom is -0.296 e. The van der Waals surface area contributed by atoms with Crippen molar-refractivity contribution < 1.29 is 0 Å². The molecular formula is C51H34Br2IN5. The summed E-state index contributed by atoms with van der Waals surface area (Å²) in [5.41, 5.74) is 15.4. The van der Waals surface area contributed by atoms with Gasteiger partial charge in [-0.05, 0) is 141 Å². The molecule has 284 valence electrons. The summed E-state index contributed by atoms with van der Waals surface area (Å²) in [6, 6.07) is 67.6. The Bertz CT molecular complexity index is 3210. The van der Waals surface area contributed by atoms with Crippen LogP contribution in [0.2, 0.25) is 0 Å². The van der Waals surface area contributed by atoms with Crippen molar-refractivity contribution >= 4 is 93.3 Å². The predicted molar refractivity (Wildman–Crippen MR) is 259 cm³/mol. The molecule has 0 amide bonds. The molecule has 0 N–H and O–H groups in total. The van der Waals surface area contributed by atoms with Crippen LogP contribution >= 0.6 is 54.5 Å². The molecule has 0 fully saturated rings. The lowest BCUT2D eigenvalue weighted by Crippen LogP contribution is -1.95. The molecule has 0 aliphatic carbocycles. The zero-order valence-electron chi connectivity index (χ0n) is 31.6. The molecule has 0 bridgehead atoms.